The van der Waals surface area contributed by atoms with Crippen molar-refractivity contribution in [1.29, 1.82) is 0 Å². The minimum atomic E-state index is 0.0921. The third-order valence-electron chi connectivity index (χ3n) is 5.10. The lowest BCUT2D eigenvalue weighted by atomic mass is 9.82. The van der Waals surface area contributed by atoms with E-state index < -0.39 is 0 Å². The van der Waals surface area contributed by atoms with E-state index >= 15 is 0 Å². The number of hydrogen-bond donors (Lipinski definition) is 2. The number of hydrazine groups is 1. The lowest BCUT2D eigenvalue weighted by molar-refractivity contribution is 0.0429. The topological polar surface area (TPSA) is 41.3 Å². The van der Waals surface area contributed by atoms with E-state index in [0.29, 0.717) is 0 Å². The van der Waals surface area contributed by atoms with Crippen LogP contribution in [0.25, 0.3) is 0 Å². The third kappa shape index (κ3) is 3.98. The van der Waals surface area contributed by atoms with Crippen molar-refractivity contribution >= 4 is 11.6 Å². The largest absolute Gasteiger partial charge is 0.296 e. The van der Waals surface area contributed by atoms with E-state index in [1.54, 1.807) is 0 Å². The van der Waals surface area contributed by atoms with Gasteiger partial charge < -0.3 is 0 Å². The van der Waals surface area contributed by atoms with Crippen molar-refractivity contribution in [3.05, 3.63) is 34.9 Å². The molecule has 3 N–H and O–H groups in total. The molecule has 2 rings (SSSR count). The highest BCUT2D eigenvalue weighted by Crippen LogP contribution is 2.29. The number of likely N-dealkylation sites (tertiary alicyclic amines) is 1. The van der Waals surface area contributed by atoms with Crippen LogP contribution < -0.4 is 11.3 Å². The van der Waals surface area contributed by atoms with Gasteiger partial charge in [-0.05, 0) is 63.4 Å². The summed E-state index contributed by atoms with van der Waals surface area (Å²) in [6, 6.07) is 8.34. The molecule has 2 unspecified atom stereocenters. The van der Waals surface area contributed by atoms with Gasteiger partial charge in [-0.1, -0.05) is 37.1 Å². The minimum Gasteiger partial charge on any atom is -0.296 e. The Balaban J connectivity index is 2.13. The maximum Gasteiger partial charge on any atom is 0.0432 e. The Morgan fingerprint density at radius 3 is 2.38 bits per heavy atom. The van der Waals surface area contributed by atoms with Gasteiger partial charge in [0, 0.05) is 16.6 Å². The summed E-state index contributed by atoms with van der Waals surface area (Å²) < 4.78 is 0. The molecule has 3 nitrogen and oxygen atoms in total. The number of piperidine rings is 1. The van der Waals surface area contributed by atoms with Gasteiger partial charge in [0.05, 0.1) is 0 Å². The van der Waals surface area contributed by atoms with Gasteiger partial charge in [0.1, 0.15) is 0 Å². The molecule has 1 saturated heterocycles. The van der Waals surface area contributed by atoms with Gasteiger partial charge in [-0.25, -0.2) is 0 Å². The van der Waals surface area contributed by atoms with E-state index in [9.17, 15) is 0 Å². The van der Waals surface area contributed by atoms with Gasteiger partial charge in [0.2, 0.25) is 0 Å². The number of nitrogens with zero attached hydrogens (tertiary/aromatic N) is 1. The molecule has 0 aromatic heterocycles. The molecule has 1 aromatic carbocycles. The predicted octanol–water partition coefficient (Wildman–Crippen LogP) is 3.37. The first-order chi connectivity index (χ1) is 10.1. The maximum absolute atomic E-state index is 5.97. The Morgan fingerprint density at radius 2 is 1.86 bits per heavy atom. The van der Waals surface area contributed by atoms with Gasteiger partial charge in [-0.3, -0.25) is 16.2 Å². The zero-order valence-electron chi connectivity index (χ0n) is 13.2. The van der Waals surface area contributed by atoms with E-state index in [1.165, 1.54) is 37.9 Å². The fourth-order valence-electron chi connectivity index (χ4n) is 3.41. The average Bonchev–Trinajstić information content (AvgIpc) is 2.54. The summed E-state index contributed by atoms with van der Waals surface area (Å²) >= 11 is 5.97. The molecule has 1 heterocycles. The molecule has 1 aromatic rings. The number of halogens is 1. The number of hydrogen-bond acceptors (Lipinski definition) is 3. The molecule has 0 radical (unpaired) electrons. The summed E-state index contributed by atoms with van der Waals surface area (Å²) in [5, 5.41) is 0.783. The average molecular weight is 310 g/mol. The highest BCUT2D eigenvalue weighted by atomic mass is 35.5. The SMILES string of the molecule is CCC(C)(C(Cc1ccc(Cl)cc1)NN)N1CCCCC1. The zero-order chi connectivity index (χ0) is 15.3. The van der Waals surface area contributed by atoms with Crippen LogP contribution in [-0.4, -0.2) is 29.6 Å². The maximum atomic E-state index is 5.97. The number of nitrogens with one attached hydrogen (secondary N) is 1. The molecule has 0 amide bonds. The van der Waals surface area contributed by atoms with Crippen LogP contribution in [-0.2, 0) is 6.42 Å². The Bertz CT molecular complexity index is 428. The molecule has 1 fully saturated rings. The van der Waals surface area contributed by atoms with Gasteiger partial charge in [-0.15, -0.1) is 0 Å². The number of nitrogens with two attached hydrogens (primary N) is 1. The fourth-order valence-corrected chi connectivity index (χ4v) is 3.54. The van der Waals surface area contributed by atoms with E-state index in [-0.39, 0.29) is 11.6 Å². The highest BCUT2D eigenvalue weighted by molar-refractivity contribution is 6.30. The molecule has 2 atom stereocenters. The second kappa shape index (κ2) is 7.59. The van der Waals surface area contributed by atoms with Gasteiger partial charge in [-0.2, -0.15) is 0 Å². The Morgan fingerprint density at radius 1 is 1.24 bits per heavy atom. The fraction of sp³-hybridized carbons (Fsp3) is 0.647. The first-order valence-electron chi connectivity index (χ1n) is 8.05. The molecule has 1 aliphatic heterocycles. The minimum absolute atomic E-state index is 0.0921. The molecule has 118 valence electrons. The zero-order valence-corrected chi connectivity index (χ0v) is 14.0. The smallest absolute Gasteiger partial charge is 0.0432 e. The van der Waals surface area contributed by atoms with Crippen molar-refractivity contribution in [2.45, 2.75) is 57.5 Å². The second-order valence-corrected chi connectivity index (χ2v) is 6.74. The molecular formula is C17H28ClN3. The van der Waals surface area contributed by atoms with E-state index in [0.717, 1.165) is 17.9 Å². The second-order valence-electron chi connectivity index (χ2n) is 6.31. The van der Waals surface area contributed by atoms with Gasteiger partial charge in [0.15, 0.2) is 0 Å². The lowest BCUT2D eigenvalue weighted by Crippen LogP contribution is -2.62. The van der Waals surface area contributed by atoms with Crippen molar-refractivity contribution in [1.82, 2.24) is 10.3 Å². The first kappa shape index (κ1) is 16.8. The van der Waals surface area contributed by atoms with Crippen LogP contribution in [0.2, 0.25) is 5.02 Å². The molecule has 0 bridgehead atoms. The number of benzene rings is 1. The Hall–Kier alpha value is -0.610. The summed E-state index contributed by atoms with van der Waals surface area (Å²) in [4.78, 5) is 2.62. The van der Waals surface area contributed by atoms with Crippen LogP contribution in [0.4, 0.5) is 0 Å². The summed E-state index contributed by atoms with van der Waals surface area (Å²) in [5.41, 5.74) is 4.45. The van der Waals surface area contributed by atoms with Crippen molar-refractivity contribution in [3.63, 3.8) is 0 Å². The van der Waals surface area contributed by atoms with Crippen LogP contribution >= 0.6 is 11.6 Å². The Kier molecular flexibility index (Phi) is 6.06. The molecule has 0 saturated carbocycles. The highest BCUT2D eigenvalue weighted by Gasteiger charge is 2.38. The standard InChI is InChI=1S/C17H28ClN3/c1-3-17(2,21-11-5-4-6-12-21)16(20-19)13-14-7-9-15(18)10-8-14/h7-10,16,20H,3-6,11-13,19H2,1-2H3. The van der Waals surface area contributed by atoms with Crippen LogP contribution in [0, 0.1) is 0 Å². The predicted molar refractivity (Wildman–Crippen MR) is 90.4 cm³/mol. The first-order valence-corrected chi connectivity index (χ1v) is 8.43. The van der Waals surface area contributed by atoms with E-state index in [2.05, 4.69) is 36.3 Å². The number of rotatable bonds is 6. The van der Waals surface area contributed by atoms with E-state index in [1.807, 2.05) is 12.1 Å². The molecule has 4 heteroatoms. The van der Waals surface area contributed by atoms with Crippen LogP contribution in [0.5, 0.6) is 0 Å². The van der Waals surface area contributed by atoms with E-state index in [4.69, 9.17) is 17.4 Å². The van der Waals surface area contributed by atoms with Gasteiger partial charge >= 0.3 is 0 Å². The van der Waals surface area contributed by atoms with Crippen molar-refractivity contribution < 1.29 is 0 Å². The van der Waals surface area contributed by atoms with Crippen LogP contribution in [0.15, 0.2) is 24.3 Å². The summed E-state index contributed by atoms with van der Waals surface area (Å²) in [7, 11) is 0. The monoisotopic (exact) mass is 309 g/mol. The molecular weight excluding hydrogens is 282 g/mol. The molecule has 0 spiro atoms. The molecule has 0 aliphatic carbocycles. The Labute approximate surface area is 133 Å². The van der Waals surface area contributed by atoms with Crippen LogP contribution in [0.1, 0.15) is 45.1 Å². The van der Waals surface area contributed by atoms with Crippen LogP contribution in [0.3, 0.4) is 0 Å². The summed E-state index contributed by atoms with van der Waals surface area (Å²) in [6.45, 7) is 6.98. The van der Waals surface area contributed by atoms with Crippen molar-refractivity contribution in [3.8, 4) is 0 Å². The van der Waals surface area contributed by atoms with Crippen molar-refractivity contribution in [2.24, 2.45) is 5.84 Å². The summed E-state index contributed by atoms with van der Waals surface area (Å²) in [6.07, 6.45) is 5.97. The molecule has 1 aliphatic rings. The summed E-state index contributed by atoms with van der Waals surface area (Å²) in [5.74, 6) is 5.92. The van der Waals surface area contributed by atoms with Gasteiger partial charge in [0.25, 0.3) is 0 Å². The molecule has 21 heavy (non-hydrogen) atoms. The lowest BCUT2D eigenvalue weighted by Gasteiger charge is -2.48. The van der Waals surface area contributed by atoms with Crippen molar-refractivity contribution in [2.75, 3.05) is 13.1 Å². The quantitative estimate of drug-likeness (QED) is 0.625. The normalized spacial score (nSPS) is 21.0. The third-order valence-corrected chi connectivity index (χ3v) is 5.35.